The molecule has 4 aromatic rings. The van der Waals surface area contributed by atoms with Crippen molar-refractivity contribution in [3.8, 4) is 0 Å². The number of nitrogens with zero attached hydrogens (tertiary/aromatic N) is 9. The van der Waals surface area contributed by atoms with Gasteiger partial charge in [0.1, 0.15) is 41.3 Å². The number of carbonyl (C=O) groups is 5. The fraction of sp³-hybridized carbons (Fsp3) is 0.521. The van der Waals surface area contributed by atoms with E-state index in [2.05, 4.69) is 65.2 Å². The lowest BCUT2D eigenvalue weighted by molar-refractivity contribution is -0.136. The maximum atomic E-state index is 15.7. The van der Waals surface area contributed by atoms with Gasteiger partial charge in [0.2, 0.25) is 17.7 Å². The van der Waals surface area contributed by atoms with Crippen molar-refractivity contribution in [2.75, 3.05) is 92.7 Å². The molecule has 5 aliphatic heterocycles. The summed E-state index contributed by atoms with van der Waals surface area (Å²) in [7, 11) is 0. The monoisotopic (exact) mass is 967 g/mol. The summed E-state index contributed by atoms with van der Waals surface area (Å²) in [5.41, 5.74) is 1.86. The van der Waals surface area contributed by atoms with Crippen molar-refractivity contribution in [3.05, 3.63) is 82.9 Å². The van der Waals surface area contributed by atoms with Crippen LogP contribution in [0.2, 0.25) is 0 Å². The topological polar surface area (TPSA) is 221 Å². The number of carbonyl (C=O) groups excluding carboxylic acids is 5. The number of likely N-dealkylation sites (tertiary alicyclic amines) is 1. The first-order chi connectivity index (χ1) is 33.7. The average molecular weight is 968 g/mol. The molecule has 4 saturated heterocycles. The van der Waals surface area contributed by atoms with Crippen LogP contribution < -0.4 is 31.1 Å². The molecule has 4 N–H and O–H groups in total. The largest absolute Gasteiger partial charge is 0.383 e. The van der Waals surface area contributed by atoms with Crippen LogP contribution in [0.3, 0.4) is 0 Å². The molecule has 5 amide bonds. The molecule has 0 saturated carbocycles. The maximum absolute atomic E-state index is 15.7. The van der Waals surface area contributed by atoms with E-state index in [4.69, 9.17) is 9.47 Å². The third-order valence-electron chi connectivity index (χ3n) is 13.9. The summed E-state index contributed by atoms with van der Waals surface area (Å²) in [6.45, 7) is 10.8. The van der Waals surface area contributed by atoms with E-state index in [0.717, 1.165) is 36.6 Å². The molecule has 9 rings (SSSR count). The highest BCUT2D eigenvalue weighted by Gasteiger charge is 2.45. The Morgan fingerprint density at radius 1 is 0.814 bits per heavy atom. The van der Waals surface area contributed by atoms with Crippen LogP contribution in [0.15, 0.2) is 48.9 Å². The van der Waals surface area contributed by atoms with Gasteiger partial charge in [-0.1, -0.05) is 19.1 Å². The van der Waals surface area contributed by atoms with Gasteiger partial charge in [-0.25, -0.2) is 23.4 Å². The van der Waals surface area contributed by atoms with E-state index in [1.54, 1.807) is 27.8 Å². The van der Waals surface area contributed by atoms with Gasteiger partial charge in [0, 0.05) is 62.5 Å². The number of anilines is 4. The Kier molecular flexibility index (Phi) is 14.3. The summed E-state index contributed by atoms with van der Waals surface area (Å²) in [6.07, 6.45) is 6.69. The molecular formula is C48H59F2N13O7. The first-order valence-corrected chi connectivity index (χ1v) is 23.9. The number of imide groups is 2. The molecule has 5 aliphatic rings. The predicted molar refractivity (Wildman–Crippen MR) is 252 cm³/mol. The lowest BCUT2D eigenvalue weighted by Gasteiger charge is -2.48. The van der Waals surface area contributed by atoms with Crippen molar-refractivity contribution in [1.82, 2.24) is 45.4 Å². The van der Waals surface area contributed by atoms with E-state index in [1.165, 1.54) is 18.5 Å². The molecule has 4 fully saturated rings. The highest BCUT2D eigenvalue weighted by Crippen LogP contribution is 2.35. The molecular weight excluding hydrogens is 909 g/mol. The summed E-state index contributed by atoms with van der Waals surface area (Å²) in [6, 6.07) is 8.23. The van der Waals surface area contributed by atoms with Crippen molar-refractivity contribution >= 4 is 52.5 Å². The van der Waals surface area contributed by atoms with Gasteiger partial charge < -0.3 is 35.2 Å². The molecule has 70 heavy (non-hydrogen) atoms. The molecule has 372 valence electrons. The van der Waals surface area contributed by atoms with Crippen molar-refractivity contribution < 1.29 is 42.2 Å². The van der Waals surface area contributed by atoms with E-state index in [1.807, 2.05) is 12.3 Å². The number of ether oxygens (including phenoxy) is 2. The number of nitrogens with one attached hydrogen (secondary N) is 4. The Bertz CT molecular complexity index is 2610. The second kappa shape index (κ2) is 20.7. The Morgan fingerprint density at radius 3 is 2.37 bits per heavy atom. The molecule has 0 bridgehead atoms. The highest BCUT2D eigenvalue weighted by molar-refractivity contribution is 6.23. The predicted octanol–water partition coefficient (Wildman–Crippen LogP) is 3.10. The van der Waals surface area contributed by atoms with E-state index >= 15 is 8.78 Å². The Labute approximate surface area is 403 Å². The van der Waals surface area contributed by atoms with Gasteiger partial charge in [-0.05, 0) is 74.9 Å². The molecule has 0 aliphatic carbocycles. The van der Waals surface area contributed by atoms with Crippen LogP contribution in [0, 0.1) is 17.0 Å². The Hall–Kier alpha value is -6.65. The van der Waals surface area contributed by atoms with Gasteiger partial charge in [-0.15, -0.1) is 5.10 Å². The van der Waals surface area contributed by atoms with Crippen molar-refractivity contribution in [1.29, 1.82) is 0 Å². The van der Waals surface area contributed by atoms with Crippen LogP contribution in [0.1, 0.15) is 84.3 Å². The van der Waals surface area contributed by atoms with Gasteiger partial charge >= 0.3 is 0 Å². The van der Waals surface area contributed by atoms with Crippen LogP contribution in [-0.2, 0) is 43.5 Å². The number of piperidine rings is 3. The van der Waals surface area contributed by atoms with E-state index in [9.17, 15) is 24.0 Å². The number of benzene rings is 2. The molecule has 2 aromatic carbocycles. The first kappa shape index (κ1) is 48.4. The summed E-state index contributed by atoms with van der Waals surface area (Å²) in [4.78, 5) is 78.7. The van der Waals surface area contributed by atoms with Crippen LogP contribution in [0.5, 0.6) is 0 Å². The fourth-order valence-electron chi connectivity index (χ4n) is 9.74. The first-order valence-electron chi connectivity index (χ1n) is 23.9. The van der Waals surface area contributed by atoms with E-state index < -0.39 is 46.8 Å². The number of rotatable bonds is 18. The van der Waals surface area contributed by atoms with Crippen LogP contribution in [0.4, 0.5) is 31.8 Å². The lowest BCUT2D eigenvalue weighted by atomic mass is 9.82. The number of halogens is 2. The molecule has 22 heteroatoms. The standard InChI is InChI=1S/C48H59F2N13O7/c1-47(2)7-12-59(13-8-47)26-31-21-37(50)39(23-36(31)49)61-28-43(65)56-48(29-61)9-14-60(15-10-48)41-24-40(53-30-54-41)52-25-33-27-62(58-57-33)16-18-70-20-19-69-17-11-51-32-3-4-34-35(22-32)46(68)63(45(34)67)38-5-6-42(64)55-44(38)66/h3-4,21-24,27,30,38,51H,5-20,25-26,28-29H2,1-2H3,(H,56,65)(H,52,53,54)(H,55,64,66). The minimum absolute atomic E-state index is 0.0431. The summed E-state index contributed by atoms with van der Waals surface area (Å²) in [5, 5.41) is 20.3. The molecule has 1 atom stereocenters. The van der Waals surface area contributed by atoms with Gasteiger partial charge in [-0.3, -0.25) is 39.1 Å². The molecule has 2 aromatic heterocycles. The van der Waals surface area contributed by atoms with Crippen molar-refractivity contribution in [3.63, 3.8) is 0 Å². The average Bonchev–Trinajstić information content (AvgIpc) is 3.89. The molecule has 1 spiro atoms. The molecule has 7 heterocycles. The minimum Gasteiger partial charge on any atom is -0.383 e. The number of piperazine rings is 1. The fourth-order valence-corrected chi connectivity index (χ4v) is 9.74. The number of aromatic nitrogens is 5. The van der Waals surface area contributed by atoms with Crippen LogP contribution >= 0.6 is 0 Å². The van der Waals surface area contributed by atoms with E-state index in [0.29, 0.717) is 108 Å². The normalized spacial score (nSPS) is 20.2. The number of hydrogen-bond donors (Lipinski definition) is 4. The zero-order valence-electron chi connectivity index (χ0n) is 39.5. The van der Waals surface area contributed by atoms with Gasteiger partial charge in [-0.2, -0.15) is 0 Å². The molecule has 1 unspecified atom stereocenters. The Balaban J connectivity index is 0.662. The summed E-state index contributed by atoms with van der Waals surface area (Å²) < 4.78 is 44.2. The SMILES string of the molecule is CC1(C)CCN(Cc2cc(F)c(N3CC(=O)NC4(CCN(c5cc(NCc6cn(CCOCCOCCNc7ccc8c(c7)C(=O)N(C7CCC(=O)NC7=O)C8=O)nn6)ncn5)CC4)C3)cc2F)CC1. The minimum atomic E-state index is -1.02. The van der Waals surface area contributed by atoms with Crippen molar-refractivity contribution in [2.45, 2.75) is 83.6 Å². The third-order valence-corrected chi connectivity index (χ3v) is 13.9. The summed E-state index contributed by atoms with van der Waals surface area (Å²) >= 11 is 0. The number of amides is 5. The lowest BCUT2D eigenvalue weighted by Crippen LogP contribution is -2.66. The van der Waals surface area contributed by atoms with Crippen LogP contribution in [0.25, 0.3) is 0 Å². The van der Waals surface area contributed by atoms with Gasteiger partial charge in [0.25, 0.3) is 11.8 Å². The zero-order chi connectivity index (χ0) is 49.0. The van der Waals surface area contributed by atoms with Gasteiger partial charge in [0.05, 0.1) is 74.6 Å². The highest BCUT2D eigenvalue weighted by atomic mass is 19.1. The number of fused-ring (bicyclic) bond motifs is 1. The summed E-state index contributed by atoms with van der Waals surface area (Å²) in [5.74, 6) is -2.04. The second-order valence-corrected chi connectivity index (χ2v) is 19.5. The quantitative estimate of drug-likeness (QED) is 0.0832. The maximum Gasteiger partial charge on any atom is 0.262 e. The molecule has 20 nitrogen and oxygen atoms in total. The van der Waals surface area contributed by atoms with Crippen molar-refractivity contribution in [2.24, 2.45) is 5.41 Å². The third kappa shape index (κ3) is 11.2. The smallest absolute Gasteiger partial charge is 0.262 e. The zero-order valence-corrected chi connectivity index (χ0v) is 39.5. The molecule has 0 radical (unpaired) electrons. The van der Waals surface area contributed by atoms with Gasteiger partial charge in [0.15, 0.2) is 0 Å². The number of hydrogen-bond acceptors (Lipinski definition) is 16. The Morgan fingerprint density at radius 2 is 1.59 bits per heavy atom. The van der Waals surface area contributed by atoms with Crippen LogP contribution in [-0.4, -0.2) is 148 Å². The second-order valence-electron chi connectivity index (χ2n) is 19.5. The van der Waals surface area contributed by atoms with E-state index in [-0.39, 0.29) is 47.5 Å².